The number of hydrogen-bond donors (Lipinski definition) is 1. The molecule has 2 aromatic rings. The second-order valence-electron chi connectivity index (χ2n) is 6.25. The normalized spacial score (nSPS) is 11.1. The molecule has 1 aromatic heterocycles. The van der Waals surface area contributed by atoms with Crippen LogP contribution in [-0.4, -0.2) is 36.9 Å². The zero-order chi connectivity index (χ0) is 20.4. The monoisotopic (exact) mass is 400 g/mol. The number of nitrogens with one attached hydrogen (secondary N) is 1. The SMILES string of the molecule is COC(=O)c1nc(-c2c(F)ccc(OC)c2F)sc1NC(=O)OC(C)(C)C. The lowest BCUT2D eigenvalue weighted by Crippen LogP contribution is -2.27. The van der Waals surface area contributed by atoms with E-state index in [-0.39, 0.29) is 21.5 Å². The van der Waals surface area contributed by atoms with Gasteiger partial charge >= 0.3 is 12.1 Å². The molecule has 0 spiro atoms. The largest absolute Gasteiger partial charge is 0.494 e. The van der Waals surface area contributed by atoms with Crippen LogP contribution < -0.4 is 10.1 Å². The van der Waals surface area contributed by atoms with Crippen LogP contribution in [0.3, 0.4) is 0 Å². The fourth-order valence-electron chi connectivity index (χ4n) is 2.03. The maximum Gasteiger partial charge on any atom is 0.412 e. The highest BCUT2D eigenvalue weighted by atomic mass is 32.1. The molecule has 0 saturated carbocycles. The predicted octanol–water partition coefficient (Wildman–Crippen LogP) is 4.23. The van der Waals surface area contributed by atoms with E-state index in [4.69, 9.17) is 9.47 Å². The molecule has 7 nitrogen and oxygen atoms in total. The van der Waals surface area contributed by atoms with E-state index in [1.165, 1.54) is 7.11 Å². The van der Waals surface area contributed by atoms with Crippen LogP contribution in [0, 0.1) is 11.6 Å². The van der Waals surface area contributed by atoms with Crippen molar-refractivity contribution >= 4 is 28.4 Å². The zero-order valence-corrected chi connectivity index (χ0v) is 16.1. The first-order valence-corrected chi connectivity index (χ1v) is 8.50. The molecule has 27 heavy (non-hydrogen) atoms. The molecular formula is C17H18F2N2O5S. The van der Waals surface area contributed by atoms with Gasteiger partial charge in [0.15, 0.2) is 17.3 Å². The van der Waals surface area contributed by atoms with E-state index in [2.05, 4.69) is 15.0 Å². The van der Waals surface area contributed by atoms with Crippen molar-refractivity contribution in [3.05, 3.63) is 29.5 Å². The molecule has 0 atom stereocenters. The first-order chi connectivity index (χ1) is 12.6. The van der Waals surface area contributed by atoms with Crippen molar-refractivity contribution in [2.24, 2.45) is 0 Å². The number of hydrogen-bond acceptors (Lipinski definition) is 7. The highest BCUT2D eigenvalue weighted by molar-refractivity contribution is 7.19. The Labute approximate surface area is 158 Å². The average Bonchev–Trinajstić information content (AvgIpc) is 2.95. The maximum absolute atomic E-state index is 14.5. The molecule has 1 aromatic carbocycles. The van der Waals surface area contributed by atoms with Gasteiger partial charge in [-0.05, 0) is 32.9 Å². The number of carbonyl (C=O) groups is 2. The van der Waals surface area contributed by atoms with Crippen molar-refractivity contribution in [3.63, 3.8) is 0 Å². The van der Waals surface area contributed by atoms with Gasteiger partial charge in [0.2, 0.25) is 0 Å². The van der Waals surface area contributed by atoms with Gasteiger partial charge in [0.05, 0.1) is 19.8 Å². The second kappa shape index (κ2) is 7.87. The van der Waals surface area contributed by atoms with E-state index in [0.717, 1.165) is 19.2 Å². The molecule has 1 N–H and O–H groups in total. The summed E-state index contributed by atoms with van der Waals surface area (Å²) in [7, 11) is 2.35. The van der Waals surface area contributed by atoms with Crippen molar-refractivity contribution in [1.82, 2.24) is 4.98 Å². The van der Waals surface area contributed by atoms with Gasteiger partial charge in [-0.3, -0.25) is 5.32 Å². The Bertz CT molecular complexity index is 877. The second-order valence-corrected chi connectivity index (χ2v) is 7.25. The van der Waals surface area contributed by atoms with Crippen LogP contribution in [0.2, 0.25) is 0 Å². The summed E-state index contributed by atoms with van der Waals surface area (Å²) in [6, 6.07) is 2.14. The third kappa shape index (κ3) is 4.70. The molecule has 0 bridgehead atoms. The number of esters is 1. The van der Waals surface area contributed by atoms with E-state index in [1.807, 2.05) is 0 Å². The number of ether oxygens (including phenoxy) is 3. The molecule has 10 heteroatoms. The molecule has 0 radical (unpaired) electrons. The minimum absolute atomic E-state index is 0.0623. The highest BCUT2D eigenvalue weighted by Crippen LogP contribution is 2.38. The van der Waals surface area contributed by atoms with Gasteiger partial charge in [0.25, 0.3) is 0 Å². The number of nitrogens with zero attached hydrogens (tertiary/aromatic N) is 1. The number of thiazole rings is 1. The summed E-state index contributed by atoms with van der Waals surface area (Å²) in [4.78, 5) is 27.9. The molecule has 1 amide bonds. The fourth-order valence-corrected chi connectivity index (χ4v) is 3.01. The lowest BCUT2D eigenvalue weighted by molar-refractivity contribution is 0.0596. The number of rotatable bonds is 4. The summed E-state index contributed by atoms with van der Waals surface area (Å²) < 4.78 is 43.3. The van der Waals surface area contributed by atoms with E-state index in [9.17, 15) is 18.4 Å². The smallest absolute Gasteiger partial charge is 0.412 e. The van der Waals surface area contributed by atoms with Gasteiger partial charge in [-0.25, -0.2) is 23.4 Å². The van der Waals surface area contributed by atoms with Crippen molar-refractivity contribution in [2.75, 3.05) is 19.5 Å². The summed E-state index contributed by atoms with van der Waals surface area (Å²) in [5, 5.41) is 2.12. The zero-order valence-electron chi connectivity index (χ0n) is 15.3. The van der Waals surface area contributed by atoms with Crippen LogP contribution in [0.25, 0.3) is 10.6 Å². The van der Waals surface area contributed by atoms with Crippen LogP contribution in [0.5, 0.6) is 5.75 Å². The van der Waals surface area contributed by atoms with Crippen LogP contribution in [0.15, 0.2) is 12.1 Å². The molecule has 0 aliphatic carbocycles. The van der Waals surface area contributed by atoms with Gasteiger partial charge in [-0.1, -0.05) is 11.3 Å². The minimum Gasteiger partial charge on any atom is -0.494 e. The Balaban J connectivity index is 2.51. The molecule has 0 aliphatic rings. The topological polar surface area (TPSA) is 86.8 Å². The van der Waals surface area contributed by atoms with Crippen molar-refractivity contribution in [1.29, 1.82) is 0 Å². The number of anilines is 1. The Hall–Kier alpha value is -2.75. The minimum atomic E-state index is -0.980. The first kappa shape index (κ1) is 20.6. The van der Waals surface area contributed by atoms with Gasteiger partial charge in [0.1, 0.15) is 21.4 Å². The van der Waals surface area contributed by atoms with Crippen molar-refractivity contribution in [2.45, 2.75) is 26.4 Å². The van der Waals surface area contributed by atoms with Crippen LogP contribution >= 0.6 is 11.3 Å². The lowest BCUT2D eigenvalue weighted by atomic mass is 10.2. The average molecular weight is 400 g/mol. The number of amides is 1. The molecule has 146 valence electrons. The number of halogens is 2. The summed E-state index contributed by atoms with van der Waals surface area (Å²) in [6.45, 7) is 4.98. The van der Waals surface area contributed by atoms with E-state index in [0.29, 0.717) is 11.3 Å². The van der Waals surface area contributed by atoms with E-state index < -0.39 is 34.9 Å². The van der Waals surface area contributed by atoms with Crippen molar-refractivity contribution < 1.29 is 32.6 Å². The first-order valence-electron chi connectivity index (χ1n) is 7.69. The van der Waals surface area contributed by atoms with Gasteiger partial charge in [0, 0.05) is 0 Å². The lowest BCUT2D eigenvalue weighted by Gasteiger charge is -2.19. The van der Waals surface area contributed by atoms with Crippen molar-refractivity contribution in [3.8, 4) is 16.3 Å². The fraction of sp³-hybridized carbons (Fsp3) is 0.353. The molecule has 1 heterocycles. The van der Waals surface area contributed by atoms with Gasteiger partial charge in [-0.15, -0.1) is 0 Å². The molecule has 2 rings (SSSR count). The molecule has 0 unspecified atom stereocenters. The molecular weight excluding hydrogens is 382 g/mol. The van der Waals surface area contributed by atoms with Gasteiger partial charge in [-0.2, -0.15) is 0 Å². The van der Waals surface area contributed by atoms with Crippen LogP contribution in [0.4, 0.5) is 18.6 Å². The quantitative estimate of drug-likeness (QED) is 0.773. The predicted molar refractivity (Wildman–Crippen MR) is 95.2 cm³/mol. The standard InChI is InChI=1S/C17H18F2N2O5S/c1-17(2,3)26-16(23)21-14-12(15(22)25-5)20-13(27-14)10-8(18)6-7-9(24-4)11(10)19/h6-7H,1-5H3,(H,21,23). The third-order valence-corrected chi connectivity index (χ3v) is 4.10. The Morgan fingerprint density at radius 2 is 1.85 bits per heavy atom. The summed E-state index contributed by atoms with van der Waals surface area (Å²) >= 11 is 0.699. The number of benzene rings is 1. The number of methoxy groups -OCH3 is 2. The number of carbonyl (C=O) groups excluding carboxylic acids is 2. The Morgan fingerprint density at radius 1 is 1.19 bits per heavy atom. The van der Waals surface area contributed by atoms with E-state index in [1.54, 1.807) is 20.8 Å². The maximum atomic E-state index is 14.5. The number of aromatic nitrogens is 1. The Kier molecular flexibility index (Phi) is 5.99. The summed E-state index contributed by atoms with van der Waals surface area (Å²) in [5.74, 6) is -2.95. The van der Waals surface area contributed by atoms with Crippen LogP contribution in [-0.2, 0) is 9.47 Å². The van der Waals surface area contributed by atoms with Crippen LogP contribution in [0.1, 0.15) is 31.3 Å². The summed E-state index contributed by atoms with van der Waals surface area (Å²) in [5.41, 5.74) is -1.57. The molecule has 0 fully saturated rings. The molecule has 0 aliphatic heterocycles. The highest BCUT2D eigenvalue weighted by Gasteiger charge is 2.27. The van der Waals surface area contributed by atoms with E-state index >= 15 is 0 Å². The molecule has 0 saturated heterocycles. The van der Waals surface area contributed by atoms with Gasteiger partial charge < -0.3 is 14.2 Å². The summed E-state index contributed by atoms with van der Waals surface area (Å²) in [6.07, 6.45) is -0.852. The Morgan fingerprint density at radius 3 is 2.41 bits per heavy atom. The third-order valence-electron chi connectivity index (χ3n) is 3.11.